The predicted molar refractivity (Wildman–Crippen MR) is 75.8 cm³/mol. The molecule has 0 unspecified atom stereocenters. The molecule has 2 N–H and O–H groups in total. The summed E-state index contributed by atoms with van der Waals surface area (Å²) < 4.78 is 6.40. The van der Waals surface area contributed by atoms with Crippen LogP contribution in [0.5, 0.6) is 5.75 Å². The zero-order valence-electron chi connectivity index (χ0n) is 11.3. The van der Waals surface area contributed by atoms with Crippen molar-refractivity contribution in [2.75, 3.05) is 37.7 Å². The van der Waals surface area contributed by atoms with Crippen molar-refractivity contribution < 1.29 is 9.84 Å². The molecule has 1 fully saturated rings. The van der Waals surface area contributed by atoms with Gasteiger partial charge in [0, 0.05) is 19.5 Å². The van der Waals surface area contributed by atoms with Crippen molar-refractivity contribution in [2.24, 2.45) is 0 Å². The zero-order valence-corrected chi connectivity index (χ0v) is 11.3. The number of ether oxygens (including phenoxy) is 1. The first kappa shape index (κ1) is 12.8. The van der Waals surface area contributed by atoms with Gasteiger partial charge in [0.25, 0.3) is 0 Å². The number of para-hydroxylation sites is 2. The molecule has 0 radical (unpaired) electrons. The molecule has 4 nitrogen and oxygen atoms in total. The minimum absolute atomic E-state index is 0.0223. The minimum Gasteiger partial charge on any atom is -0.485 e. The van der Waals surface area contributed by atoms with Crippen molar-refractivity contribution in [3.63, 3.8) is 0 Å². The van der Waals surface area contributed by atoms with Crippen molar-refractivity contribution in [1.29, 1.82) is 0 Å². The Labute approximate surface area is 114 Å². The van der Waals surface area contributed by atoms with Gasteiger partial charge in [-0.25, -0.2) is 0 Å². The van der Waals surface area contributed by atoms with Crippen LogP contribution in [0.2, 0.25) is 0 Å². The van der Waals surface area contributed by atoms with E-state index in [9.17, 15) is 5.11 Å². The Bertz CT molecular complexity index is 430. The summed E-state index contributed by atoms with van der Waals surface area (Å²) in [6.07, 6.45) is 3.16. The fourth-order valence-electron chi connectivity index (χ4n) is 3.14. The average Bonchev–Trinajstić information content (AvgIpc) is 2.59. The molecule has 0 aromatic heterocycles. The molecule has 0 saturated carbocycles. The molecule has 0 amide bonds. The third kappa shape index (κ3) is 2.55. The fraction of sp³-hybridized carbons (Fsp3) is 0.600. The average molecular weight is 262 g/mol. The molecule has 2 aliphatic rings. The quantitative estimate of drug-likeness (QED) is 0.845. The summed E-state index contributed by atoms with van der Waals surface area (Å²) in [6.45, 7) is 3.87. The lowest BCUT2D eigenvalue weighted by Crippen LogP contribution is -2.47. The van der Waals surface area contributed by atoms with E-state index >= 15 is 0 Å². The SMILES string of the molecule is OCCN1CCC2(CCNCC2)Oc2ccccc21. The Morgan fingerprint density at radius 2 is 2.00 bits per heavy atom. The van der Waals surface area contributed by atoms with E-state index in [2.05, 4.69) is 22.3 Å². The number of hydrogen-bond donors (Lipinski definition) is 2. The van der Waals surface area contributed by atoms with Crippen molar-refractivity contribution in [3.8, 4) is 5.75 Å². The van der Waals surface area contributed by atoms with Gasteiger partial charge >= 0.3 is 0 Å². The van der Waals surface area contributed by atoms with E-state index in [1.807, 2.05) is 12.1 Å². The second-order valence-electron chi connectivity index (χ2n) is 5.46. The van der Waals surface area contributed by atoms with Crippen LogP contribution in [0.4, 0.5) is 5.69 Å². The van der Waals surface area contributed by atoms with Crippen molar-refractivity contribution in [1.82, 2.24) is 5.32 Å². The number of β-amino-alcohol motifs (C(OH)–C–C–N with tert-alkyl or cyclic N) is 1. The van der Waals surface area contributed by atoms with Gasteiger partial charge < -0.3 is 20.1 Å². The van der Waals surface area contributed by atoms with E-state index < -0.39 is 0 Å². The molecule has 3 rings (SSSR count). The maximum absolute atomic E-state index is 9.25. The lowest BCUT2D eigenvalue weighted by atomic mass is 9.88. The van der Waals surface area contributed by atoms with Crippen molar-refractivity contribution >= 4 is 5.69 Å². The number of hydrogen-bond acceptors (Lipinski definition) is 4. The number of aliphatic hydroxyl groups is 1. The van der Waals surface area contributed by atoms with E-state index in [1.165, 1.54) is 0 Å². The van der Waals surface area contributed by atoms with Crippen LogP contribution in [-0.2, 0) is 0 Å². The molecule has 19 heavy (non-hydrogen) atoms. The fourth-order valence-corrected chi connectivity index (χ4v) is 3.14. The number of piperidine rings is 1. The van der Waals surface area contributed by atoms with Crippen LogP contribution in [0.15, 0.2) is 24.3 Å². The van der Waals surface area contributed by atoms with Gasteiger partial charge in [-0.15, -0.1) is 0 Å². The topological polar surface area (TPSA) is 44.7 Å². The van der Waals surface area contributed by atoms with Crippen LogP contribution in [-0.4, -0.2) is 43.5 Å². The Balaban J connectivity index is 1.90. The Hall–Kier alpha value is -1.26. The third-order valence-electron chi connectivity index (χ3n) is 4.25. The first-order valence-corrected chi connectivity index (χ1v) is 7.18. The van der Waals surface area contributed by atoms with E-state index in [1.54, 1.807) is 0 Å². The number of nitrogens with one attached hydrogen (secondary N) is 1. The summed E-state index contributed by atoms with van der Waals surface area (Å²) in [5, 5.41) is 12.6. The highest BCUT2D eigenvalue weighted by Crippen LogP contribution is 2.39. The van der Waals surface area contributed by atoms with E-state index in [4.69, 9.17) is 4.74 Å². The second-order valence-corrected chi connectivity index (χ2v) is 5.46. The molecule has 1 saturated heterocycles. The number of anilines is 1. The van der Waals surface area contributed by atoms with Crippen molar-refractivity contribution in [2.45, 2.75) is 24.9 Å². The maximum Gasteiger partial charge on any atom is 0.143 e. The van der Waals surface area contributed by atoms with Crippen LogP contribution < -0.4 is 15.0 Å². The normalized spacial score (nSPS) is 21.6. The smallest absolute Gasteiger partial charge is 0.143 e. The third-order valence-corrected chi connectivity index (χ3v) is 4.25. The van der Waals surface area contributed by atoms with Crippen molar-refractivity contribution in [3.05, 3.63) is 24.3 Å². The highest BCUT2D eigenvalue weighted by molar-refractivity contribution is 5.59. The molecule has 1 aromatic carbocycles. The zero-order chi connectivity index (χ0) is 13.1. The summed E-state index contributed by atoms with van der Waals surface area (Å²) in [6, 6.07) is 8.20. The molecule has 4 heteroatoms. The Kier molecular flexibility index (Phi) is 3.62. The monoisotopic (exact) mass is 262 g/mol. The number of benzene rings is 1. The molecular formula is C15H22N2O2. The molecule has 104 valence electrons. The first-order valence-electron chi connectivity index (χ1n) is 7.18. The standard InChI is InChI=1S/C15H22N2O2/c18-12-11-17-10-7-15(5-8-16-9-6-15)19-14-4-2-1-3-13(14)17/h1-4,16,18H,5-12H2. The van der Waals surface area contributed by atoms with Gasteiger partial charge in [0.05, 0.1) is 12.3 Å². The predicted octanol–water partition coefficient (Wildman–Crippen LogP) is 1.39. The van der Waals surface area contributed by atoms with Gasteiger partial charge in [0.1, 0.15) is 11.4 Å². The van der Waals surface area contributed by atoms with E-state index in [0.29, 0.717) is 6.54 Å². The highest BCUT2D eigenvalue weighted by atomic mass is 16.5. The van der Waals surface area contributed by atoms with Crippen LogP contribution >= 0.6 is 0 Å². The number of nitrogens with zero attached hydrogens (tertiary/aromatic N) is 1. The molecule has 0 atom stereocenters. The number of aliphatic hydroxyl groups excluding tert-OH is 1. The summed E-state index contributed by atoms with van der Waals surface area (Å²) in [5.74, 6) is 0.968. The molecular weight excluding hydrogens is 240 g/mol. The Morgan fingerprint density at radius 3 is 2.79 bits per heavy atom. The summed E-state index contributed by atoms with van der Waals surface area (Å²) in [4.78, 5) is 2.24. The molecule has 0 bridgehead atoms. The van der Waals surface area contributed by atoms with Crippen LogP contribution in [0.1, 0.15) is 19.3 Å². The van der Waals surface area contributed by atoms with Gasteiger partial charge in [0.2, 0.25) is 0 Å². The van der Waals surface area contributed by atoms with Gasteiger partial charge in [-0.3, -0.25) is 0 Å². The molecule has 2 aliphatic heterocycles. The molecule has 2 heterocycles. The molecule has 1 spiro atoms. The largest absolute Gasteiger partial charge is 0.485 e. The van der Waals surface area contributed by atoms with Crippen LogP contribution in [0.3, 0.4) is 0 Å². The lowest BCUT2D eigenvalue weighted by Gasteiger charge is -2.37. The summed E-state index contributed by atoms with van der Waals surface area (Å²) in [7, 11) is 0. The first-order chi connectivity index (χ1) is 9.33. The number of rotatable bonds is 2. The Morgan fingerprint density at radius 1 is 1.21 bits per heavy atom. The number of fused-ring (bicyclic) bond motifs is 1. The van der Waals surface area contributed by atoms with Gasteiger partial charge in [-0.1, -0.05) is 12.1 Å². The van der Waals surface area contributed by atoms with Gasteiger partial charge in [0.15, 0.2) is 0 Å². The van der Waals surface area contributed by atoms with Crippen LogP contribution in [0.25, 0.3) is 0 Å². The maximum atomic E-state index is 9.25. The van der Waals surface area contributed by atoms with Crippen LogP contribution in [0, 0.1) is 0 Å². The lowest BCUT2D eigenvalue weighted by molar-refractivity contribution is 0.0350. The molecule has 1 aromatic rings. The van der Waals surface area contributed by atoms with E-state index in [0.717, 1.165) is 50.3 Å². The highest BCUT2D eigenvalue weighted by Gasteiger charge is 2.37. The molecule has 0 aliphatic carbocycles. The summed E-state index contributed by atoms with van der Waals surface area (Å²) in [5.41, 5.74) is 1.10. The van der Waals surface area contributed by atoms with Gasteiger partial charge in [-0.2, -0.15) is 0 Å². The summed E-state index contributed by atoms with van der Waals surface area (Å²) >= 11 is 0. The van der Waals surface area contributed by atoms with E-state index in [-0.39, 0.29) is 12.2 Å². The second kappa shape index (κ2) is 5.39. The van der Waals surface area contributed by atoms with Gasteiger partial charge in [-0.05, 0) is 38.1 Å². The minimum atomic E-state index is -0.0223.